The van der Waals surface area contributed by atoms with Crippen LogP contribution in [0.2, 0.25) is 5.15 Å². The van der Waals surface area contributed by atoms with E-state index < -0.39 is 24.5 Å². The van der Waals surface area contributed by atoms with Crippen LogP contribution in [0, 0.1) is 0 Å². The molecule has 1 aromatic heterocycles. The molecule has 0 aliphatic carbocycles. The minimum atomic E-state index is -0.786. The monoisotopic (exact) mass is 313 g/mol. The van der Waals surface area contributed by atoms with Gasteiger partial charge in [0.05, 0.1) is 5.56 Å². The molecule has 21 heavy (non-hydrogen) atoms. The summed E-state index contributed by atoms with van der Waals surface area (Å²) in [5.41, 5.74) is 0.0519. The van der Waals surface area contributed by atoms with Crippen LogP contribution < -0.4 is 10.6 Å². The highest BCUT2D eigenvalue weighted by molar-refractivity contribution is 6.32. The Morgan fingerprint density at radius 2 is 2.14 bits per heavy atom. The molecule has 0 aliphatic rings. The van der Waals surface area contributed by atoms with Crippen LogP contribution in [0.1, 0.15) is 30.6 Å². The van der Waals surface area contributed by atoms with Crippen molar-refractivity contribution in [2.75, 3.05) is 6.61 Å². The fraction of sp³-hybridized carbons (Fsp3) is 0.385. The molecule has 1 rings (SSSR count). The lowest BCUT2D eigenvalue weighted by Crippen LogP contribution is -2.44. The first-order chi connectivity index (χ1) is 9.93. The maximum atomic E-state index is 11.7. The highest BCUT2D eigenvalue weighted by Crippen LogP contribution is 2.12. The van der Waals surface area contributed by atoms with Crippen LogP contribution in [0.5, 0.6) is 0 Å². The number of rotatable bonds is 5. The third-order valence-corrected chi connectivity index (χ3v) is 2.86. The molecular weight excluding hydrogens is 298 g/mol. The van der Waals surface area contributed by atoms with Gasteiger partial charge >= 0.3 is 12.0 Å². The van der Waals surface area contributed by atoms with Crippen molar-refractivity contribution < 1.29 is 19.1 Å². The minimum absolute atomic E-state index is 0.0163. The summed E-state index contributed by atoms with van der Waals surface area (Å²) in [5.74, 6) is -1.52. The van der Waals surface area contributed by atoms with Crippen molar-refractivity contribution in [1.29, 1.82) is 0 Å². The lowest BCUT2D eigenvalue weighted by atomic mass is 10.3. The number of esters is 1. The summed E-state index contributed by atoms with van der Waals surface area (Å²) in [6.07, 6.45) is 2.15. The largest absolute Gasteiger partial charge is 0.452 e. The maximum Gasteiger partial charge on any atom is 0.341 e. The average molecular weight is 314 g/mol. The number of amides is 3. The molecule has 0 aliphatic heterocycles. The highest BCUT2D eigenvalue weighted by Gasteiger charge is 2.15. The van der Waals surface area contributed by atoms with Crippen molar-refractivity contribution in [1.82, 2.24) is 15.6 Å². The van der Waals surface area contributed by atoms with E-state index in [2.05, 4.69) is 15.6 Å². The molecule has 0 spiro atoms. The molecule has 0 bridgehead atoms. The Hall–Kier alpha value is -2.15. The maximum absolute atomic E-state index is 11.7. The van der Waals surface area contributed by atoms with Crippen LogP contribution in [0.4, 0.5) is 4.79 Å². The van der Waals surface area contributed by atoms with Gasteiger partial charge in [-0.2, -0.15) is 0 Å². The number of carbonyl (C=O) groups excluding carboxylic acids is 3. The Bertz CT molecular complexity index is 536. The number of carbonyl (C=O) groups is 3. The van der Waals surface area contributed by atoms with Gasteiger partial charge in [-0.1, -0.05) is 18.5 Å². The molecule has 1 atom stereocenters. The van der Waals surface area contributed by atoms with Crippen LogP contribution in [-0.4, -0.2) is 35.5 Å². The Kier molecular flexibility index (Phi) is 6.61. The molecule has 3 amide bonds. The fourth-order valence-corrected chi connectivity index (χ4v) is 1.47. The van der Waals surface area contributed by atoms with Gasteiger partial charge in [-0.05, 0) is 25.5 Å². The molecule has 0 fully saturated rings. The zero-order valence-corrected chi connectivity index (χ0v) is 12.4. The molecular formula is C13H16ClN3O4. The van der Waals surface area contributed by atoms with Gasteiger partial charge in [-0.3, -0.25) is 10.1 Å². The van der Waals surface area contributed by atoms with Gasteiger partial charge in [-0.15, -0.1) is 0 Å². The summed E-state index contributed by atoms with van der Waals surface area (Å²) in [5, 5.41) is 4.58. The molecule has 0 aromatic carbocycles. The van der Waals surface area contributed by atoms with Crippen LogP contribution in [-0.2, 0) is 9.53 Å². The Labute approximate surface area is 127 Å². The quantitative estimate of drug-likeness (QED) is 0.634. The van der Waals surface area contributed by atoms with Crippen molar-refractivity contribution in [2.45, 2.75) is 26.3 Å². The zero-order valence-electron chi connectivity index (χ0n) is 11.7. The van der Waals surface area contributed by atoms with E-state index in [0.717, 1.165) is 6.42 Å². The molecule has 7 nitrogen and oxygen atoms in total. The molecule has 1 aromatic rings. The molecule has 2 N–H and O–H groups in total. The van der Waals surface area contributed by atoms with E-state index in [1.807, 2.05) is 6.92 Å². The summed E-state index contributed by atoms with van der Waals surface area (Å²) >= 11 is 5.72. The number of aromatic nitrogens is 1. The summed E-state index contributed by atoms with van der Waals surface area (Å²) in [6, 6.07) is 2.24. The smallest absolute Gasteiger partial charge is 0.341 e. The second-order valence-electron chi connectivity index (χ2n) is 4.25. The van der Waals surface area contributed by atoms with E-state index in [9.17, 15) is 14.4 Å². The van der Waals surface area contributed by atoms with Crippen molar-refractivity contribution in [3.63, 3.8) is 0 Å². The number of nitrogens with zero attached hydrogens (tertiary/aromatic N) is 1. The van der Waals surface area contributed by atoms with E-state index >= 15 is 0 Å². The SMILES string of the molecule is CC[C@@H](C)NC(=O)NC(=O)COC(=O)c1cccnc1Cl. The molecule has 0 saturated carbocycles. The summed E-state index contributed by atoms with van der Waals surface area (Å²) < 4.78 is 4.75. The molecule has 0 radical (unpaired) electrons. The standard InChI is InChI=1S/C13H16ClN3O4/c1-3-8(2)16-13(20)17-10(18)7-21-12(19)9-5-4-6-15-11(9)14/h4-6,8H,3,7H2,1-2H3,(H2,16,17,18,20)/t8-/m1/s1. The third-order valence-electron chi connectivity index (χ3n) is 2.56. The van der Waals surface area contributed by atoms with Crippen molar-refractivity contribution in [3.8, 4) is 0 Å². The number of hydrogen-bond acceptors (Lipinski definition) is 5. The summed E-state index contributed by atoms with van der Waals surface area (Å²) in [7, 11) is 0. The van der Waals surface area contributed by atoms with E-state index in [1.165, 1.54) is 18.3 Å². The number of halogens is 1. The first-order valence-corrected chi connectivity index (χ1v) is 6.69. The van der Waals surface area contributed by atoms with Gasteiger partial charge in [0.2, 0.25) is 0 Å². The van der Waals surface area contributed by atoms with Gasteiger partial charge < -0.3 is 10.1 Å². The molecule has 0 saturated heterocycles. The minimum Gasteiger partial charge on any atom is -0.452 e. The molecule has 0 unspecified atom stereocenters. The predicted molar refractivity (Wildman–Crippen MR) is 76.0 cm³/mol. The number of ether oxygens (including phenoxy) is 1. The van der Waals surface area contributed by atoms with Crippen LogP contribution in [0.3, 0.4) is 0 Å². The van der Waals surface area contributed by atoms with Gasteiger partial charge in [0, 0.05) is 12.2 Å². The molecule has 114 valence electrons. The van der Waals surface area contributed by atoms with Gasteiger partial charge in [0.15, 0.2) is 6.61 Å². The number of urea groups is 1. The van der Waals surface area contributed by atoms with E-state index in [4.69, 9.17) is 16.3 Å². The number of nitrogens with one attached hydrogen (secondary N) is 2. The molecule has 1 heterocycles. The second kappa shape index (κ2) is 8.21. The second-order valence-corrected chi connectivity index (χ2v) is 4.61. The molecule has 8 heteroatoms. The Balaban J connectivity index is 2.41. The van der Waals surface area contributed by atoms with Gasteiger partial charge in [0.1, 0.15) is 5.15 Å². The summed E-state index contributed by atoms with van der Waals surface area (Å²) in [4.78, 5) is 38.2. The predicted octanol–water partition coefficient (Wildman–Crippen LogP) is 1.52. The topological polar surface area (TPSA) is 97.4 Å². The Morgan fingerprint density at radius 1 is 1.43 bits per heavy atom. The van der Waals surface area contributed by atoms with Crippen LogP contribution >= 0.6 is 11.6 Å². The first-order valence-electron chi connectivity index (χ1n) is 6.32. The number of hydrogen-bond donors (Lipinski definition) is 2. The van der Waals surface area contributed by atoms with E-state index in [0.29, 0.717) is 0 Å². The fourth-order valence-electron chi connectivity index (χ4n) is 1.27. The van der Waals surface area contributed by atoms with Crippen molar-refractivity contribution >= 4 is 29.5 Å². The van der Waals surface area contributed by atoms with Gasteiger partial charge in [0.25, 0.3) is 5.91 Å². The lowest BCUT2D eigenvalue weighted by molar-refractivity contribution is -0.123. The van der Waals surface area contributed by atoms with Crippen LogP contribution in [0.15, 0.2) is 18.3 Å². The normalized spacial score (nSPS) is 11.4. The van der Waals surface area contributed by atoms with Crippen molar-refractivity contribution in [3.05, 3.63) is 29.0 Å². The van der Waals surface area contributed by atoms with Gasteiger partial charge in [-0.25, -0.2) is 14.6 Å². The average Bonchev–Trinajstić information content (AvgIpc) is 2.44. The number of imide groups is 1. The third kappa shape index (κ3) is 5.78. The Morgan fingerprint density at radius 3 is 2.76 bits per heavy atom. The highest BCUT2D eigenvalue weighted by atomic mass is 35.5. The first kappa shape index (κ1) is 16.9. The number of pyridine rings is 1. The van der Waals surface area contributed by atoms with E-state index in [-0.39, 0.29) is 16.8 Å². The summed E-state index contributed by atoms with van der Waals surface area (Å²) in [6.45, 7) is 3.11. The van der Waals surface area contributed by atoms with Crippen LogP contribution in [0.25, 0.3) is 0 Å². The van der Waals surface area contributed by atoms with E-state index in [1.54, 1.807) is 6.92 Å². The van der Waals surface area contributed by atoms with Crippen molar-refractivity contribution in [2.24, 2.45) is 0 Å². The lowest BCUT2D eigenvalue weighted by Gasteiger charge is -2.11. The zero-order chi connectivity index (χ0) is 15.8.